The lowest BCUT2D eigenvalue weighted by atomic mass is 9.82. The number of hydrogen-bond donors (Lipinski definition) is 0. The highest BCUT2D eigenvalue weighted by molar-refractivity contribution is 6.12. The Hall–Kier alpha value is -8.26. The van der Waals surface area contributed by atoms with Crippen LogP contribution in [0.25, 0.3) is 88.3 Å². The minimum atomic E-state index is -0.0734. The second-order valence-electron chi connectivity index (χ2n) is 18.1. The van der Waals surface area contributed by atoms with Crippen LogP contribution < -0.4 is 4.90 Å². The van der Waals surface area contributed by atoms with Gasteiger partial charge < -0.3 is 4.90 Å². The van der Waals surface area contributed by atoms with E-state index < -0.39 is 0 Å². The van der Waals surface area contributed by atoms with E-state index in [0.717, 1.165) is 17.1 Å². The van der Waals surface area contributed by atoms with E-state index in [2.05, 4.69) is 267 Å². The summed E-state index contributed by atoms with van der Waals surface area (Å²) in [6.07, 6.45) is 0. The zero-order valence-corrected chi connectivity index (χ0v) is 37.1. The van der Waals surface area contributed by atoms with Crippen LogP contribution in [-0.4, -0.2) is 0 Å². The molecule has 1 heteroatoms. The van der Waals surface area contributed by atoms with Crippen molar-refractivity contribution in [1.29, 1.82) is 0 Å². The lowest BCUT2D eigenvalue weighted by molar-refractivity contribution is 0.660. The maximum atomic E-state index is 2.41. The SMILES string of the molecule is CC1(C)c2ccccc2-c2c(-c3cccc(N(c4ccc(-c5ccc(-c6ccccc6)c(-c6ccccc6)c5)cc4)c4ccc(-c5cccc6c5ccc5ccccc56)cc4)c3)cccc21. The Morgan fingerprint density at radius 2 is 0.818 bits per heavy atom. The Morgan fingerprint density at radius 1 is 0.273 bits per heavy atom. The molecule has 0 aromatic heterocycles. The fourth-order valence-corrected chi connectivity index (χ4v) is 10.6. The summed E-state index contributed by atoms with van der Waals surface area (Å²) in [6.45, 7) is 4.71. The monoisotopic (exact) mass is 841 g/mol. The maximum absolute atomic E-state index is 2.41. The molecule has 0 fully saturated rings. The summed E-state index contributed by atoms with van der Waals surface area (Å²) in [4.78, 5) is 2.41. The molecule has 11 aromatic rings. The highest BCUT2D eigenvalue weighted by Crippen LogP contribution is 2.52. The average molecular weight is 842 g/mol. The molecule has 11 aromatic carbocycles. The van der Waals surface area contributed by atoms with Gasteiger partial charge in [0.05, 0.1) is 0 Å². The van der Waals surface area contributed by atoms with Gasteiger partial charge in [-0.25, -0.2) is 0 Å². The lowest BCUT2D eigenvalue weighted by Crippen LogP contribution is -2.14. The Morgan fingerprint density at radius 3 is 1.59 bits per heavy atom. The Kier molecular flexibility index (Phi) is 9.58. The third-order valence-electron chi connectivity index (χ3n) is 13.9. The number of nitrogens with zero attached hydrogens (tertiary/aromatic N) is 1. The van der Waals surface area contributed by atoms with Gasteiger partial charge in [0.1, 0.15) is 0 Å². The fourth-order valence-electron chi connectivity index (χ4n) is 10.6. The summed E-state index contributed by atoms with van der Waals surface area (Å²) in [5.74, 6) is 0. The molecule has 0 saturated carbocycles. The zero-order valence-electron chi connectivity index (χ0n) is 37.1. The van der Waals surface area contributed by atoms with Crippen LogP contribution in [0, 0.1) is 0 Å². The largest absolute Gasteiger partial charge is 0.310 e. The predicted molar refractivity (Wildman–Crippen MR) is 281 cm³/mol. The molecule has 1 aliphatic carbocycles. The molecular weight excluding hydrogens is 795 g/mol. The molecule has 0 atom stereocenters. The average Bonchev–Trinajstić information content (AvgIpc) is 3.62. The van der Waals surface area contributed by atoms with Crippen molar-refractivity contribution in [1.82, 2.24) is 0 Å². The number of anilines is 3. The van der Waals surface area contributed by atoms with Crippen LogP contribution in [0.5, 0.6) is 0 Å². The highest BCUT2D eigenvalue weighted by atomic mass is 15.1. The summed E-state index contributed by atoms with van der Waals surface area (Å²) < 4.78 is 0. The Labute approximate surface area is 387 Å². The zero-order chi connectivity index (χ0) is 44.2. The summed E-state index contributed by atoms with van der Waals surface area (Å²) in [7, 11) is 0. The standard InChI is InChI=1S/C65H47N/c1-65(2)62-28-12-11-24-60(62)64-57(26-15-29-63(64)65)50-21-13-22-53(42-50)66(52-38-32-48(33-39-52)55-25-14-27-58-54-23-10-9-20-47(54)34-41-59(55)58)51-36-30-44(31-37-51)49-35-40-56(45-16-5-3-6-17-45)61(43-49)46-18-7-4-8-19-46/h3-43H,1-2H3. The summed E-state index contributed by atoms with van der Waals surface area (Å²) >= 11 is 0. The molecule has 0 heterocycles. The van der Waals surface area contributed by atoms with Gasteiger partial charge in [0.2, 0.25) is 0 Å². The molecule has 312 valence electrons. The summed E-state index contributed by atoms with van der Waals surface area (Å²) in [5.41, 5.74) is 20.8. The van der Waals surface area contributed by atoms with Gasteiger partial charge in [0.25, 0.3) is 0 Å². The lowest BCUT2D eigenvalue weighted by Gasteiger charge is -2.27. The van der Waals surface area contributed by atoms with Gasteiger partial charge in [0, 0.05) is 22.5 Å². The number of fused-ring (bicyclic) bond motifs is 6. The summed E-state index contributed by atoms with van der Waals surface area (Å²) in [5, 5.41) is 5.08. The first kappa shape index (κ1) is 39.3. The molecule has 0 unspecified atom stereocenters. The molecule has 0 spiro atoms. The van der Waals surface area contributed by atoms with Crippen LogP contribution in [0.4, 0.5) is 17.1 Å². The first-order valence-corrected chi connectivity index (χ1v) is 23.0. The molecule has 0 N–H and O–H groups in total. The van der Waals surface area contributed by atoms with Gasteiger partial charge in [-0.3, -0.25) is 0 Å². The first-order chi connectivity index (χ1) is 32.5. The van der Waals surface area contributed by atoms with Crippen molar-refractivity contribution in [2.75, 3.05) is 4.90 Å². The quantitative estimate of drug-likeness (QED) is 0.138. The normalized spacial score (nSPS) is 12.5. The third kappa shape index (κ3) is 6.71. The molecule has 12 rings (SSSR count). The number of hydrogen-bond acceptors (Lipinski definition) is 1. The number of benzene rings is 11. The van der Waals surface area contributed by atoms with Crippen LogP contribution in [0.2, 0.25) is 0 Å². The van der Waals surface area contributed by atoms with Crippen molar-refractivity contribution >= 4 is 38.6 Å². The van der Waals surface area contributed by atoms with Crippen molar-refractivity contribution in [3.8, 4) is 66.8 Å². The van der Waals surface area contributed by atoms with Gasteiger partial charge in [-0.05, 0) is 142 Å². The minimum Gasteiger partial charge on any atom is -0.310 e. The van der Waals surface area contributed by atoms with E-state index in [9.17, 15) is 0 Å². The molecule has 1 nitrogen and oxygen atoms in total. The molecule has 0 amide bonds. The van der Waals surface area contributed by atoms with Crippen LogP contribution in [-0.2, 0) is 5.41 Å². The minimum absolute atomic E-state index is 0.0734. The Bertz CT molecular complexity index is 3580. The molecule has 0 aliphatic heterocycles. The van der Waals surface area contributed by atoms with E-state index in [1.807, 2.05) is 0 Å². The van der Waals surface area contributed by atoms with E-state index in [1.165, 1.54) is 99.4 Å². The summed E-state index contributed by atoms with van der Waals surface area (Å²) in [6, 6.07) is 91.3. The van der Waals surface area contributed by atoms with E-state index in [-0.39, 0.29) is 5.41 Å². The fraction of sp³-hybridized carbons (Fsp3) is 0.0462. The van der Waals surface area contributed by atoms with Gasteiger partial charge in [0.15, 0.2) is 0 Å². The van der Waals surface area contributed by atoms with E-state index in [4.69, 9.17) is 0 Å². The number of rotatable bonds is 8. The maximum Gasteiger partial charge on any atom is 0.0467 e. The molecule has 1 aliphatic rings. The molecule has 66 heavy (non-hydrogen) atoms. The Balaban J connectivity index is 0.971. The van der Waals surface area contributed by atoms with Crippen LogP contribution in [0.3, 0.4) is 0 Å². The van der Waals surface area contributed by atoms with Gasteiger partial charge in [-0.2, -0.15) is 0 Å². The highest BCUT2D eigenvalue weighted by Gasteiger charge is 2.36. The van der Waals surface area contributed by atoms with Crippen molar-refractivity contribution in [3.05, 3.63) is 260 Å². The first-order valence-electron chi connectivity index (χ1n) is 23.0. The molecular formula is C65H47N. The van der Waals surface area contributed by atoms with Crippen molar-refractivity contribution < 1.29 is 0 Å². The van der Waals surface area contributed by atoms with E-state index in [1.54, 1.807) is 0 Å². The van der Waals surface area contributed by atoms with Gasteiger partial charge in [-0.1, -0.05) is 220 Å². The van der Waals surface area contributed by atoms with Crippen LogP contribution in [0.1, 0.15) is 25.0 Å². The van der Waals surface area contributed by atoms with Crippen LogP contribution in [0.15, 0.2) is 249 Å². The third-order valence-corrected chi connectivity index (χ3v) is 13.9. The van der Waals surface area contributed by atoms with Gasteiger partial charge in [-0.15, -0.1) is 0 Å². The van der Waals surface area contributed by atoms with Crippen molar-refractivity contribution in [3.63, 3.8) is 0 Å². The second kappa shape index (κ2) is 16.1. The second-order valence-corrected chi connectivity index (χ2v) is 18.1. The molecule has 0 saturated heterocycles. The van der Waals surface area contributed by atoms with Crippen molar-refractivity contribution in [2.24, 2.45) is 0 Å². The van der Waals surface area contributed by atoms with Crippen molar-refractivity contribution in [2.45, 2.75) is 19.3 Å². The van der Waals surface area contributed by atoms with Gasteiger partial charge >= 0.3 is 0 Å². The van der Waals surface area contributed by atoms with Crippen LogP contribution >= 0.6 is 0 Å². The molecule has 0 bridgehead atoms. The smallest absolute Gasteiger partial charge is 0.0467 e. The predicted octanol–water partition coefficient (Wildman–Crippen LogP) is 18.1. The molecule has 0 radical (unpaired) electrons. The van der Waals surface area contributed by atoms with E-state index >= 15 is 0 Å². The topological polar surface area (TPSA) is 3.24 Å². The van der Waals surface area contributed by atoms with E-state index in [0.29, 0.717) is 0 Å².